The summed E-state index contributed by atoms with van der Waals surface area (Å²) in [5, 5.41) is 12.8. The molecule has 1 aromatic rings. The van der Waals surface area contributed by atoms with Crippen LogP contribution in [0.25, 0.3) is 0 Å². The fourth-order valence-electron chi connectivity index (χ4n) is 1.37. The topological polar surface area (TPSA) is 41.5 Å². The first-order valence-electron chi connectivity index (χ1n) is 5.54. The highest BCUT2D eigenvalue weighted by molar-refractivity contribution is 5.22. The average Bonchev–Trinajstić information content (AvgIpc) is 3.09. The molecular weight excluding hydrogens is 209 g/mol. The molecule has 2 rings (SSSR count). The Kier molecular flexibility index (Phi) is 3.74. The summed E-state index contributed by atoms with van der Waals surface area (Å²) < 4.78 is 17.9. The van der Waals surface area contributed by atoms with Gasteiger partial charge in [0.25, 0.3) is 0 Å². The second kappa shape index (κ2) is 5.27. The van der Waals surface area contributed by atoms with Crippen molar-refractivity contribution >= 4 is 0 Å². The lowest BCUT2D eigenvalue weighted by atomic mass is 10.3. The summed E-state index contributed by atoms with van der Waals surface area (Å²) in [7, 11) is 0. The minimum absolute atomic E-state index is 0.228. The molecule has 1 aliphatic carbocycles. The first kappa shape index (κ1) is 11.4. The fraction of sp³-hybridized carbons (Fsp3) is 0.500. The van der Waals surface area contributed by atoms with Crippen LogP contribution < -0.4 is 10.1 Å². The molecule has 1 fully saturated rings. The molecular formula is C12H16FNO2. The monoisotopic (exact) mass is 225 g/mol. The van der Waals surface area contributed by atoms with Gasteiger partial charge in [-0.25, -0.2) is 4.39 Å². The maximum absolute atomic E-state index is 12.6. The smallest absolute Gasteiger partial charge is 0.123 e. The third kappa shape index (κ3) is 3.79. The molecule has 0 spiro atoms. The maximum atomic E-state index is 12.6. The number of halogens is 1. The van der Waals surface area contributed by atoms with Crippen molar-refractivity contribution in [3.8, 4) is 5.75 Å². The number of benzene rings is 1. The van der Waals surface area contributed by atoms with E-state index in [1.807, 2.05) is 0 Å². The largest absolute Gasteiger partial charge is 0.491 e. The zero-order chi connectivity index (χ0) is 11.4. The lowest BCUT2D eigenvalue weighted by Crippen LogP contribution is -2.32. The Balaban J connectivity index is 1.67. The van der Waals surface area contributed by atoms with Crippen LogP contribution in [0.4, 0.5) is 4.39 Å². The molecule has 0 amide bonds. The van der Waals surface area contributed by atoms with E-state index in [0.717, 1.165) is 0 Å². The quantitative estimate of drug-likeness (QED) is 0.767. The molecule has 4 heteroatoms. The molecule has 2 N–H and O–H groups in total. The van der Waals surface area contributed by atoms with E-state index in [4.69, 9.17) is 4.74 Å². The van der Waals surface area contributed by atoms with Crippen molar-refractivity contribution in [3.63, 3.8) is 0 Å². The van der Waals surface area contributed by atoms with E-state index in [-0.39, 0.29) is 12.4 Å². The Labute approximate surface area is 94.2 Å². The molecule has 3 nitrogen and oxygen atoms in total. The van der Waals surface area contributed by atoms with Gasteiger partial charge in [-0.15, -0.1) is 0 Å². The number of aliphatic hydroxyl groups is 1. The van der Waals surface area contributed by atoms with Crippen LogP contribution >= 0.6 is 0 Å². The van der Waals surface area contributed by atoms with Crippen molar-refractivity contribution in [2.75, 3.05) is 13.2 Å². The molecule has 0 heterocycles. The highest BCUT2D eigenvalue weighted by Gasteiger charge is 2.21. The second-order valence-electron chi connectivity index (χ2n) is 4.10. The van der Waals surface area contributed by atoms with E-state index in [1.54, 1.807) is 12.1 Å². The van der Waals surface area contributed by atoms with Gasteiger partial charge in [-0.05, 0) is 37.1 Å². The second-order valence-corrected chi connectivity index (χ2v) is 4.10. The van der Waals surface area contributed by atoms with Crippen LogP contribution in [0.3, 0.4) is 0 Å². The SMILES string of the molecule is OC(CNC1CC1)COc1ccc(F)cc1. The zero-order valence-electron chi connectivity index (χ0n) is 9.03. The van der Waals surface area contributed by atoms with E-state index in [2.05, 4.69) is 5.32 Å². The summed E-state index contributed by atoms with van der Waals surface area (Å²) in [5.74, 6) is 0.287. The van der Waals surface area contributed by atoms with Gasteiger partial charge in [0.15, 0.2) is 0 Å². The van der Waals surface area contributed by atoms with Gasteiger partial charge in [0, 0.05) is 12.6 Å². The first-order chi connectivity index (χ1) is 7.74. The number of rotatable bonds is 6. The molecule has 88 valence electrons. The van der Waals surface area contributed by atoms with E-state index in [0.29, 0.717) is 18.3 Å². The van der Waals surface area contributed by atoms with Crippen molar-refractivity contribution in [2.24, 2.45) is 0 Å². The van der Waals surface area contributed by atoms with Crippen LogP contribution in [-0.4, -0.2) is 30.4 Å². The summed E-state index contributed by atoms with van der Waals surface area (Å²) in [4.78, 5) is 0. The predicted octanol–water partition coefficient (Wildman–Crippen LogP) is 1.32. The first-order valence-corrected chi connectivity index (χ1v) is 5.54. The Morgan fingerprint density at radius 2 is 2.06 bits per heavy atom. The van der Waals surface area contributed by atoms with Gasteiger partial charge in [0.05, 0.1) is 0 Å². The molecule has 0 aliphatic heterocycles. The number of hydrogen-bond donors (Lipinski definition) is 2. The molecule has 0 aromatic heterocycles. The van der Waals surface area contributed by atoms with Crippen molar-refractivity contribution < 1.29 is 14.2 Å². The van der Waals surface area contributed by atoms with Gasteiger partial charge in [0.1, 0.15) is 24.3 Å². The van der Waals surface area contributed by atoms with E-state index in [9.17, 15) is 9.50 Å². The van der Waals surface area contributed by atoms with Crippen molar-refractivity contribution in [1.29, 1.82) is 0 Å². The summed E-state index contributed by atoms with van der Waals surface area (Å²) in [6.07, 6.45) is 1.88. The van der Waals surface area contributed by atoms with Gasteiger partial charge < -0.3 is 15.2 Å². The van der Waals surface area contributed by atoms with Crippen LogP contribution in [0.2, 0.25) is 0 Å². The van der Waals surface area contributed by atoms with Crippen LogP contribution in [0.1, 0.15) is 12.8 Å². The fourth-order valence-corrected chi connectivity index (χ4v) is 1.37. The van der Waals surface area contributed by atoms with Gasteiger partial charge in [0.2, 0.25) is 0 Å². The number of ether oxygens (including phenoxy) is 1. The Hall–Kier alpha value is -1.13. The Bertz CT molecular complexity index is 324. The number of nitrogens with one attached hydrogen (secondary N) is 1. The van der Waals surface area contributed by atoms with E-state index in [1.165, 1.54) is 25.0 Å². The molecule has 0 radical (unpaired) electrons. The molecule has 1 unspecified atom stereocenters. The van der Waals surface area contributed by atoms with Gasteiger partial charge in [-0.1, -0.05) is 0 Å². The minimum Gasteiger partial charge on any atom is -0.491 e. The molecule has 0 saturated heterocycles. The summed E-state index contributed by atoms with van der Waals surface area (Å²) in [5.41, 5.74) is 0. The predicted molar refractivity (Wildman–Crippen MR) is 58.9 cm³/mol. The molecule has 0 bridgehead atoms. The summed E-state index contributed by atoms with van der Waals surface area (Å²) in [6.45, 7) is 0.775. The molecule has 16 heavy (non-hydrogen) atoms. The van der Waals surface area contributed by atoms with Crippen LogP contribution in [0.15, 0.2) is 24.3 Å². The normalized spacial score (nSPS) is 17.1. The third-order valence-electron chi connectivity index (χ3n) is 2.48. The maximum Gasteiger partial charge on any atom is 0.123 e. The van der Waals surface area contributed by atoms with Gasteiger partial charge in [-0.3, -0.25) is 0 Å². The van der Waals surface area contributed by atoms with E-state index < -0.39 is 6.10 Å². The number of aliphatic hydroxyl groups excluding tert-OH is 1. The Morgan fingerprint density at radius 1 is 1.38 bits per heavy atom. The highest BCUT2D eigenvalue weighted by atomic mass is 19.1. The van der Waals surface area contributed by atoms with Crippen LogP contribution in [0, 0.1) is 5.82 Å². The molecule has 1 atom stereocenters. The summed E-state index contributed by atoms with van der Waals surface area (Å²) >= 11 is 0. The third-order valence-corrected chi connectivity index (χ3v) is 2.48. The number of hydrogen-bond acceptors (Lipinski definition) is 3. The molecule has 1 saturated carbocycles. The molecule has 1 aromatic carbocycles. The average molecular weight is 225 g/mol. The van der Waals surface area contributed by atoms with Crippen molar-refractivity contribution in [2.45, 2.75) is 25.0 Å². The molecule has 1 aliphatic rings. The van der Waals surface area contributed by atoms with Crippen molar-refractivity contribution in [3.05, 3.63) is 30.1 Å². The minimum atomic E-state index is -0.523. The summed E-state index contributed by atoms with van der Waals surface area (Å²) in [6, 6.07) is 6.36. The van der Waals surface area contributed by atoms with Gasteiger partial charge >= 0.3 is 0 Å². The lowest BCUT2D eigenvalue weighted by molar-refractivity contribution is 0.106. The highest BCUT2D eigenvalue weighted by Crippen LogP contribution is 2.18. The standard InChI is InChI=1S/C12H16FNO2/c13-9-1-5-12(6-2-9)16-8-11(15)7-14-10-3-4-10/h1-2,5-6,10-11,14-15H,3-4,7-8H2. The van der Waals surface area contributed by atoms with Crippen LogP contribution in [0.5, 0.6) is 5.75 Å². The van der Waals surface area contributed by atoms with Crippen LogP contribution in [-0.2, 0) is 0 Å². The Morgan fingerprint density at radius 3 is 2.69 bits per heavy atom. The zero-order valence-corrected chi connectivity index (χ0v) is 9.03. The van der Waals surface area contributed by atoms with E-state index >= 15 is 0 Å². The van der Waals surface area contributed by atoms with Gasteiger partial charge in [-0.2, -0.15) is 0 Å². The van der Waals surface area contributed by atoms with Crippen molar-refractivity contribution in [1.82, 2.24) is 5.32 Å². The lowest BCUT2D eigenvalue weighted by Gasteiger charge is -2.12.